The highest BCUT2D eigenvalue weighted by Crippen LogP contribution is 2.21. The molecule has 0 aromatic heterocycles. The van der Waals surface area contributed by atoms with Gasteiger partial charge >= 0.3 is 17.9 Å². The Labute approximate surface area is 482 Å². The number of aliphatic carboxylic acids is 3. The van der Waals surface area contributed by atoms with Crippen molar-refractivity contribution in [2.75, 3.05) is 13.2 Å². The van der Waals surface area contributed by atoms with Crippen LogP contribution in [-0.2, 0) is 28.6 Å². The van der Waals surface area contributed by atoms with Crippen LogP contribution < -0.4 is 0 Å². The predicted molar refractivity (Wildman–Crippen MR) is 328 cm³/mol. The highest BCUT2D eigenvalue weighted by molar-refractivity contribution is 5.67. The van der Waals surface area contributed by atoms with Crippen molar-refractivity contribution < 1.29 is 59.2 Å². The summed E-state index contributed by atoms with van der Waals surface area (Å²) in [6.07, 6.45) is 54.2. The maximum Gasteiger partial charge on any atom is 0.303 e. The zero-order valence-electron chi connectivity index (χ0n) is 52.9. The van der Waals surface area contributed by atoms with Crippen molar-refractivity contribution in [2.45, 2.75) is 394 Å². The Balaban J connectivity index is -0.000000498. The molecule has 12 heteroatoms. The van der Waals surface area contributed by atoms with Crippen LogP contribution in [0.1, 0.15) is 351 Å². The number of carboxylic acid groups (broad SMARTS) is 3. The van der Waals surface area contributed by atoms with Gasteiger partial charge in [0, 0.05) is 19.3 Å². The number of carbonyl (C=O) groups is 3. The van der Waals surface area contributed by atoms with Gasteiger partial charge in [-0.1, -0.05) is 233 Å². The fraction of sp³-hybridized carbons (Fsp3) is 0.955. The SMILES string of the molecule is CCCCCCC(CCCCCCCCCCC(=O)O)OC(C)C.CCCCCCC(CCCCCCCCCCC(=O)O)OC(C)C.CCCCCCC(CCCCCCCCCCC(=O)O)OC(C)C.OCC(O)CO. The van der Waals surface area contributed by atoms with Crippen LogP contribution in [0, 0.1) is 0 Å². The van der Waals surface area contributed by atoms with Crippen LogP contribution in [0.5, 0.6) is 0 Å². The average Bonchev–Trinajstić information content (AvgIpc) is 3.38. The monoisotopic (exact) mass is 1120 g/mol. The molecule has 0 amide bonds. The van der Waals surface area contributed by atoms with E-state index in [1.54, 1.807) is 0 Å². The van der Waals surface area contributed by atoms with E-state index in [1.165, 1.54) is 231 Å². The Bertz CT molecular complexity index is 1050. The first-order chi connectivity index (χ1) is 37.5. The van der Waals surface area contributed by atoms with E-state index in [0.29, 0.717) is 55.9 Å². The van der Waals surface area contributed by atoms with Crippen LogP contribution >= 0.6 is 0 Å². The second-order valence-electron chi connectivity index (χ2n) is 23.3. The summed E-state index contributed by atoms with van der Waals surface area (Å²) < 4.78 is 18.2. The van der Waals surface area contributed by atoms with E-state index in [1.807, 2.05) is 0 Å². The van der Waals surface area contributed by atoms with Crippen LogP contribution in [-0.4, -0.2) is 104 Å². The quantitative estimate of drug-likeness (QED) is 0.0315. The van der Waals surface area contributed by atoms with Crippen molar-refractivity contribution in [2.24, 2.45) is 0 Å². The molecule has 0 aromatic carbocycles. The zero-order chi connectivity index (χ0) is 59.1. The molecule has 3 unspecified atom stereocenters. The first-order valence-electron chi connectivity index (χ1n) is 33.0. The number of carboxylic acids is 3. The van der Waals surface area contributed by atoms with E-state index >= 15 is 0 Å². The highest BCUT2D eigenvalue weighted by Gasteiger charge is 2.13. The molecule has 0 fully saturated rings. The van der Waals surface area contributed by atoms with Gasteiger partial charge in [0.1, 0.15) is 6.10 Å². The van der Waals surface area contributed by atoms with Crippen molar-refractivity contribution in [3.63, 3.8) is 0 Å². The highest BCUT2D eigenvalue weighted by atomic mass is 16.5. The second kappa shape index (κ2) is 67.7. The Morgan fingerprint density at radius 1 is 0.295 bits per heavy atom. The van der Waals surface area contributed by atoms with E-state index in [4.69, 9.17) is 44.8 Å². The van der Waals surface area contributed by atoms with Crippen LogP contribution in [0.4, 0.5) is 0 Å². The maximum absolute atomic E-state index is 10.4. The fourth-order valence-corrected chi connectivity index (χ4v) is 9.58. The molecular weight excluding hydrogens is 985 g/mol. The van der Waals surface area contributed by atoms with Gasteiger partial charge in [0.05, 0.1) is 49.8 Å². The third kappa shape index (κ3) is 78.4. The summed E-state index contributed by atoms with van der Waals surface area (Å²) >= 11 is 0. The third-order valence-electron chi connectivity index (χ3n) is 14.0. The number of aliphatic hydroxyl groups is 3. The third-order valence-corrected chi connectivity index (χ3v) is 14.0. The lowest BCUT2D eigenvalue weighted by molar-refractivity contribution is -0.138. The van der Waals surface area contributed by atoms with Crippen molar-refractivity contribution in [3.05, 3.63) is 0 Å². The van der Waals surface area contributed by atoms with Crippen molar-refractivity contribution in [3.8, 4) is 0 Å². The molecule has 0 radical (unpaired) electrons. The minimum Gasteiger partial charge on any atom is -0.481 e. The van der Waals surface area contributed by atoms with E-state index < -0.39 is 24.0 Å². The van der Waals surface area contributed by atoms with Crippen LogP contribution in [0.3, 0.4) is 0 Å². The van der Waals surface area contributed by atoms with E-state index in [9.17, 15) is 14.4 Å². The van der Waals surface area contributed by atoms with Gasteiger partial charge < -0.3 is 44.8 Å². The summed E-state index contributed by atoms with van der Waals surface area (Å²) in [4.78, 5) is 31.2. The largest absolute Gasteiger partial charge is 0.481 e. The molecule has 0 heterocycles. The lowest BCUT2D eigenvalue weighted by atomic mass is 10.0. The lowest BCUT2D eigenvalue weighted by Crippen LogP contribution is -2.18. The molecule has 78 heavy (non-hydrogen) atoms. The molecule has 0 rings (SSSR count). The topological polar surface area (TPSA) is 200 Å². The van der Waals surface area contributed by atoms with E-state index in [-0.39, 0.29) is 13.2 Å². The van der Waals surface area contributed by atoms with Gasteiger partial charge in [0.15, 0.2) is 0 Å². The van der Waals surface area contributed by atoms with Crippen molar-refractivity contribution in [1.82, 2.24) is 0 Å². The summed E-state index contributed by atoms with van der Waals surface area (Å²) in [7, 11) is 0. The van der Waals surface area contributed by atoms with Crippen molar-refractivity contribution >= 4 is 17.9 Å². The molecule has 0 saturated heterocycles. The standard InChI is InChI=1S/3C21H42O3.C3H8O3/c3*1-4-5-6-13-16-20(24-19(2)3)17-14-11-9-7-8-10-12-15-18-21(22)23;4-1-3(6)2-5/h3*19-20H,4-18H2,1-3H3,(H,22,23);3-6H,1-2H2. The number of ether oxygens (including phenoxy) is 3. The molecule has 470 valence electrons. The first-order valence-corrected chi connectivity index (χ1v) is 33.0. The molecule has 0 aromatic rings. The fourth-order valence-electron chi connectivity index (χ4n) is 9.58. The predicted octanol–water partition coefficient (Wildman–Crippen LogP) is 18.5. The molecule has 0 saturated carbocycles. The number of rotatable bonds is 56. The minimum atomic E-state index is -0.954. The molecule has 12 nitrogen and oxygen atoms in total. The van der Waals surface area contributed by atoms with Gasteiger partial charge in [-0.25, -0.2) is 0 Å². The summed E-state index contributed by atoms with van der Waals surface area (Å²) in [6.45, 7) is 18.9. The van der Waals surface area contributed by atoms with Gasteiger partial charge in [-0.2, -0.15) is 0 Å². The van der Waals surface area contributed by atoms with Crippen LogP contribution in [0.25, 0.3) is 0 Å². The second-order valence-corrected chi connectivity index (χ2v) is 23.3. The van der Waals surface area contributed by atoms with Gasteiger partial charge in [-0.05, 0) is 99.3 Å². The maximum atomic E-state index is 10.4. The first kappa shape index (κ1) is 82.6. The molecule has 0 spiro atoms. The molecular formula is C66H134O12. The van der Waals surface area contributed by atoms with Gasteiger partial charge in [0.25, 0.3) is 0 Å². The average molecular weight is 1120 g/mol. The summed E-state index contributed by atoms with van der Waals surface area (Å²) in [5.41, 5.74) is 0. The molecule has 0 bridgehead atoms. The Morgan fingerprint density at radius 3 is 0.603 bits per heavy atom. The summed E-state index contributed by atoms with van der Waals surface area (Å²) in [6, 6.07) is 0. The van der Waals surface area contributed by atoms with E-state index in [2.05, 4.69) is 62.3 Å². The molecule has 3 atom stereocenters. The Kier molecular flexibility index (Phi) is 71.7. The minimum absolute atomic E-state index is 0.329. The van der Waals surface area contributed by atoms with Gasteiger partial charge in [-0.3, -0.25) is 14.4 Å². The van der Waals surface area contributed by atoms with Gasteiger partial charge in [0.2, 0.25) is 0 Å². The molecule has 6 N–H and O–H groups in total. The lowest BCUT2D eigenvalue weighted by Gasteiger charge is -2.20. The summed E-state index contributed by atoms with van der Waals surface area (Å²) in [5.74, 6) is -1.99. The van der Waals surface area contributed by atoms with Gasteiger partial charge in [-0.15, -0.1) is 0 Å². The molecule has 0 aliphatic rings. The number of aliphatic hydroxyl groups excluding tert-OH is 3. The Hall–Kier alpha value is -1.83. The molecule has 0 aliphatic heterocycles. The van der Waals surface area contributed by atoms with E-state index in [0.717, 1.165) is 38.5 Å². The van der Waals surface area contributed by atoms with Crippen molar-refractivity contribution in [1.29, 1.82) is 0 Å². The number of unbranched alkanes of at least 4 members (excludes halogenated alkanes) is 30. The normalized spacial score (nSPS) is 12.5. The number of hydrogen-bond donors (Lipinski definition) is 6. The van der Waals surface area contributed by atoms with Crippen LogP contribution in [0.15, 0.2) is 0 Å². The van der Waals surface area contributed by atoms with Crippen LogP contribution in [0.2, 0.25) is 0 Å². The summed E-state index contributed by atoms with van der Waals surface area (Å²) in [5, 5.41) is 49.8. The number of hydrogen-bond acceptors (Lipinski definition) is 9. The molecule has 0 aliphatic carbocycles. The smallest absolute Gasteiger partial charge is 0.303 e. The zero-order valence-corrected chi connectivity index (χ0v) is 52.9. The Morgan fingerprint density at radius 2 is 0.462 bits per heavy atom.